The lowest BCUT2D eigenvalue weighted by atomic mass is 10.2. The fourth-order valence-electron chi connectivity index (χ4n) is 2.30. The summed E-state index contributed by atoms with van der Waals surface area (Å²) in [6, 6.07) is 14.7. The predicted molar refractivity (Wildman–Crippen MR) is 97.8 cm³/mol. The van der Waals surface area contributed by atoms with Crippen LogP contribution in [-0.4, -0.2) is 14.6 Å². The Morgan fingerprint density at radius 2 is 1.88 bits per heavy atom. The molecule has 0 bridgehead atoms. The third-order valence-electron chi connectivity index (χ3n) is 3.46. The molecule has 0 radical (unpaired) electrons. The van der Waals surface area contributed by atoms with Gasteiger partial charge in [0.2, 0.25) is 4.96 Å². The molecule has 0 amide bonds. The second-order valence-corrected chi connectivity index (χ2v) is 6.93. The highest BCUT2D eigenvalue weighted by atomic mass is 35.5. The van der Waals surface area contributed by atoms with Crippen LogP contribution in [0.4, 0.5) is 0 Å². The van der Waals surface area contributed by atoms with Gasteiger partial charge in [0.15, 0.2) is 5.82 Å². The first-order valence-electron chi connectivity index (χ1n) is 7.03. The number of aromatic nitrogens is 3. The van der Waals surface area contributed by atoms with Gasteiger partial charge < -0.3 is 0 Å². The molecule has 0 unspecified atom stereocenters. The molecule has 0 aliphatic carbocycles. The summed E-state index contributed by atoms with van der Waals surface area (Å²) in [6.45, 7) is 0. The smallest absolute Gasteiger partial charge is 0.266 e. The van der Waals surface area contributed by atoms with Crippen molar-refractivity contribution in [1.82, 2.24) is 14.6 Å². The van der Waals surface area contributed by atoms with Gasteiger partial charge in [0.1, 0.15) is 0 Å². The topological polar surface area (TPSA) is 47.3 Å². The number of thiazole rings is 1. The second kappa shape index (κ2) is 6.02. The first kappa shape index (κ1) is 15.3. The van der Waals surface area contributed by atoms with Gasteiger partial charge in [-0.2, -0.15) is 9.50 Å². The molecule has 0 aliphatic heterocycles. The standard InChI is InChI=1S/C17H9Cl2N3OS/c18-12-7-6-11(13(19)9-12)8-14-16(23)22-17(24-14)20-15(21-22)10-4-2-1-3-5-10/h1-9H/b14-8-. The summed E-state index contributed by atoms with van der Waals surface area (Å²) in [5, 5.41) is 5.35. The van der Waals surface area contributed by atoms with Gasteiger partial charge in [-0.3, -0.25) is 4.79 Å². The Balaban J connectivity index is 1.84. The Kier molecular flexibility index (Phi) is 3.84. The highest BCUT2D eigenvalue weighted by Crippen LogP contribution is 2.21. The van der Waals surface area contributed by atoms with Crippen molar-refractivity contribution in [3.8, 4) is 11.4 Å². The molecule has 24 heavy (non-hydrogen) atoms. The van der Waals surface area contributed by atoms with Crippen molar-refractivity contribution in [1.29, 1.82) is 0 Å². The van der Waals surface area contributed by atoms with Gasteiger partial charge in [-0.25, -0.2) is 0 Å². The van der Waals surface area contributed by atoms with E-state index in [2.05, 4.69) is 10.1 Å². The van der Waals surface area contributed by atoms with Crippen LogP contribution in [0.2, 0.25) is 10.0 Å². The maximum Gasteiger partial charge on any atom is 0.291 e. The Morgan fingerprint density at radius 1 is 1.08 bits per heavy atom. The van der Waals surface area contributed by atoms with Crippen LogP contribution in [0.15, 0.2) is 53.3 Å². The molecule has 4 rings (SSSR count). The lowest BCUT2D eigenvalue weighted by Gasteiger charge is -1.97. The summed E-state index contributed by atoms with van der Waals surface area (Å²) < 4.78 is 1.84. The molecule has 118 valence electrons. The van der Waals surface area contributed by atoms with E-state index in [0.717, 1.165) is 11.1 Å². The minimum Gasteiger partial charge on any atom is -0.266 e. The van der Waals surface area contributed by atoms with Crippen LogP contribution >= 0.6 is 34.5 Å². The molecule has 4 nitrogen and oxygen atoms in total. The van der Waals surface area contributed by atoms with Crippen molar-refractivity contribution >= 4 is 45.6 Å². The zero-order chi connectivity index (χ0) is 16.7. The number of halogens is 2. The number of hydrogen-bond donors (Lipinski definition) is 0. The third-order valence-corrected chi connectivity index (χ3v) is 4.98. The highest BCUT2D eigenvalue weighted by Gasteiger charge is 2.12. The van der Waals surface area contributed by atoms with Crippen LogP contribution in [0.5, 0.6) is 0 Å². The zero-order valence-corrected chi connectivity index (χ0v) is 14.4. The molecule has 0 fully saturated rings. The molecule has 0 saturated heterocycles. The van der Waals surface area contributed by atoms with Gasteiger partial charge in [0.05, 0.1) is 4.53 Å². The molecule has 0 N–H and O–H groups in total. The van der Waals surface area contributed by atoms with Crippen molar-refractivity contribution in [3.05, 3.63) is 79.0 Å². The number of nitrogens with zero attached hydrogens (tertiary/aromatic N) is 3. The van der Waals surface area contributed by atoms with E-state index in [0.29, 0.717) is 25.4 Å². The molecule has 2 aromatic heterocycles. The number of fused-ring (bicyclic) bond motifs is 1. The predicted octanol–water partition coefficient (Wildman–Crippen LogP) is 3.67. The lowest BCUT2D eigenvalue weighted by molar-refractivity contribution is 0.937. The minimum absolute atomic E-state index is 0.212. The number of benzene rings is 2. The molecule has 2 aromatic carbocycles. The van der Waals surface area contributed by atoms with Crippen LogP contribution in [0.3, 0.4) is 0 Å². The average molecular weight is 374 g/mol. The van der Waals surface area contributed by atoms with E-state index in [1.165, 1.54) is 15.9 Å². The van der Waals surface area contributed by atoms with Crippen molar-refractivity contribution < 1.29 is 0 Å². The Morgan fingerprint density at radius 3 is 2.58 bits per heavy atom. The lowest BCUT2D eigenvalue weighted by Crippen LogP contribution is -2.23. The monoisotopic (exact) mass is 373 g/mol. The summed E-state index contributed by atoms with van der Waals surface area (Å²) in [5.74, 6) is 0.537. The molecule has 0 spiro atoms. The van der Waals surface area contributed by atoms with E-state index >= 15 is 0 Å². The third kappa shape index (κ3) is 2.71. The van der Waals surface area contributed by atoms with Crippen molar-refractivity contribution in [2.24, 2.45) is 0 Å². The van der Waals surface area contributed by atoms with Crippen LogP contribution in [0.1, 0.15) is 5.56 Å². The van der Waals surface area contributed by atoms with Crippen molar-refractivity contribution in [2.75, 3.05) is 0 Å². The summed E-state index contributed by atoms with van der Waals surface area (Å²) >= 11 is 13.3. The number of rotatable bonds is 2. The molecular formula is C17H9Cl2N3OS. The fraction of sp³-hybridized carbons (Fsp3) is 0. The van der Waals surface area contributed by atoms with E-state index in [1.807, 2.05) is 30.3 Å². The van der Waals surface area contributed by atoms with Crippen LogP contribution in [-0.2, 0) is 0 Å². The first-order valence-corrected chi connectivity index (χ1v) is 8.61. The molecular weight excluding hydrogens is 365 g/mol. The second-order valence-electron chi connectivity index (χ2n) is 5.08. The van der Waals surface area contributed by atoms with Crippen LogP contribution in [0, 0.1) is 0 Å². The van der Waals surface area contributed by atoms with Crippen LogP contribution in [0.25, 0.3) is 22.4 Å². The fourth-order valence-corrected chi connectivity index (χ4v) is 3.66. The SMILES string of the molecule is O=c1/c(=C/c2ccc(Cl)cc2Cl)sc2nc(-c3ccccc3)nn12. The van der Waals surface area contributed by atoms with Gasteiger partial charge in [0.25, 0.3) is 5.56 Å². The highest BCUT2D eigenvalue weighted by molar-refractivity contribution is 7.15. The van der Waals surface area contributed by atoms with Gasteiger partial charge in [-0.05, 0) is 23.8 Å². The van der Waals surface area contributed by atoms with E-state index in [1.54, 1.807) is 24.3 Å². The van der Waals surface area contributed by atoms with Crippen LogP contribution < -0.4 is 10.1 Å². The maximum absolute atomic E-state index is 12.5. The van der Waals surface area contributed by atoms with Gasteiger partial charge >= 0.3 is 0 Å². The maximum atomic E-state index is 12.5. The Labute approximate surface area is 150 Å². The van der Waals surface area contributed by atoms with E-state index in [-0.39, 0.29) is 5.56 Å². The average Bonchev–Trinajstić information content (AvgIpc) is 3.11. The Hall–Kier alpha value is -2.21. The van der Waals surface area contributed by atoms with Crippen molar-refractivity contribution in [3.63, 3.8) is 0 Å². The molecule has 7 heteroatoms. The molecule has 4 aromatic rings. The molecule has 2 heterocycles. The Bertz CT molecular complexity index is 1150. The quantitative estimate of drug-likeness (QED) is 0.538. The summed E-state index contributed by atoms with van der Waals surface area (Å²) in [4.78, 5) is 17.5. The first-order chi connectivity index (χ1) is 11.6. The summed E-state index contributed by atoms with van der Waals surface area (Å²) in [6.07, 6.45) is 1.73. The zero-order valence-electron chi connectivity index (χ0n) is 12.1. The summed E-state index contributed by atoms with van der Waals surface area (Å²) in [5.41, 5.74) is 1.39. The van der Waals surface area contributed by atoms with E-state index < -0.39 is 0 Å². The molecule has 0 atom stereocenters. The largest absolute Gasteiger partial charge is 0.291 e. The van der Waals surface area contributed by atoms with Crippen molar-refractivity contribution in [2.45, 2.75) is 0 Å². The molecule has 0 saturated carbocycles. The van der Waals surface area contributed by atoms with Gasteiger partial charge in [-0.15, -0.1) is 5.10 Å². The van der Waals surface area contributed by atoms with Gasteiger partial charge in [0, 0.05) is 15.6 Å². The van der Waals surface area contributed by atoms with E-state index in [4.69, 9.17) is 23.2 Å². The van der Waals surface area contributed by atoms with Gasteiger partial charge in [-0.1, -0.05) is 70.9 Å². The number of hydrogen-bond acceptors (Lipinski definition) is 4. The molecule has 0 aliphatic rings. The van der Waals surface area contributed by atoms with E-state index in [9.17, 15) is 4.79 Å². The minimum atomic E-state index is -0.212. The normalized spacial score (nSPS) is 12.2. The summed E-state index contributed by atoms with van der Waals surface area (Å²) in [7, 11) is 0.